The molecule has 3 aromatic carbocycles. The highest BCUT2D eigenvalue weighted by Crippen LogP contribution is 2.31. The van der Waals surface area contributed by atoms with E-state index >= 15 is 0 Å². The van der Waals surface area contributed by atoms with Crippen LogP contribution in [0, 0.1) is 13.8 Å². The van der Waals surface area contributed by atoms with E-state index in [2.05, 4.69) is 90.4 Å². The van der Waals surface area contributed by atoms with E-state index in [0.29, 0.717) is 45.8 Å². The van der Waals surface area contributed by atoms with Crippen LogP contribution in [-0.4, -0.2) is 136 Å². The molecule has 11 nitrogen and oxygen atoms in total. The lowest BCUT2D eigenvalue weighted by molar-refractivity contribution is -0.145. The Morgan fingerprint density at radius 1 is 0.857 bits per heavy atom. The largest absolute Gasteiger partial charge is 1.15 e. The molecule has 3 heterocycles. The number of likely N-dealkylation sites (tertiary alicyclic amines) is 1. The van der Waals surface area contributed by atoms with E-state index in [0.717, 1.165) is 79.9 Å². The first kappa shape index (κ1) is 41.5. The second-order valence-corrected chi connectivity index (χ2v) is 16.1. The van der Waals surface area contributed by atoms with Crippen molar-refractivity contribution < 1.29 is 35.3 Å². The van der Waals surface area contributed by atoms with E-state index in [9.17, 15) is 23.0 Å². The van der Waals surface area contributed by atoms with Crippen molar-refractivity contribution >= 4 is 45.3 Å². The number of unbranched alkanes of at least 4 members (excludes halogenated alkanes) is 1. The summed E-state index contributed by atoms with van der Waals surface area (Å²) in [5.41, 5.74) is 7.86. The molecule has 2 bridgehead atoms. The van der Waals surface area contributed by atoms with Gasteiger partial charge in [0, 0.05) is 51.4 Å². The second-order valence-electron chi connectivity index (χ2n) is 15.1. The van der Waals surface area contributed by atoms with Gasteiger partial charge in [0.05, 0.1) is 19.7 Å². The maximum atomic E-state index is 14.1. The quantitative estimate of drug-likeness (QED) is 0.139. The van der Waals surface area contributed by atoms with Gasteiger partial charge in [0.2, 0.25) is 0 Å². The molecule has 3 aliphatic rings. The number of piperidine rings is 1. The van der Waals surface area contributed by atoms with Gasteiger partial charge < -0.3 is 25.8 Å². The van der Waals surface area contributed by atoms with E-state index in [1.54, 1.807) is 0 Å². The number of hydrogen-bond acceptors (Lipinski definition) is 10. The summed E-state index contributed by atoms with van der Waals surface area (Å²) in [4.78, 5) is 45.1. The molecular formula is C43H54AlFN4O7. The summed E-state index contributed by atoms with van der Waals surface area (Å²) in [5, 5.41) is 9.99. The fourth-order valence-electron chi connectivity index (χ4n) is 7.84. The summed E-state index contributed by atoms with van der Waals surface area (Å²) < 4.78 is 30.2. The maximum absolute atomic E-state index is 14.1. The van der Waals surface area contributed by atoms with Gasteiger partial charge >= 0.3 is 21.2 Å². The Morgan fingerprint density at radius 3 is 2.23 bits per heavy atom. The summed E-state index contributed by atoms with van der Waals surface area (Å²) in [6.45, 7) is 10.6. The number of aryl methyl sites for hydroxylation is 1. The zero-order valence-corrected chi connectivity index (χ0v) is 33.8. The van der Waals surface area contributed by atoms with Crippen LogP contribution in [0.25, 0.3) is 23.3 Å². The molecule has 3 aliphatic heterocycles. The van der Waals surface area contributed by atoms with Crippen LogP contribution in [0.4, 0.5) is 3.52 Å². The number of benzene rings is 3. The molecule has 3 saturated heterocycles. The number of carbonyl (C=O) groups excluding carboxylic acids is 2. The van der Waals surface area contributed by atoms with Crippen LogP contribution < -0.4 is 4.74 Å². The first-order valence-corrected chi connectivity index (χ1v) is 21.3. The number of carboxylic acids is 1. The summed E-state index contributed by atoms with van der Waals surface area (Å²) in [7, 11) is 0. The lowest BCUT2D eigenvalue weighted by Crippen LogP contribution is -2.44. The number of rotatable bonds is 12. The highest BCUT2D eigenvalue weighted by molar-refractivity contribution is 6.41. The van der Waals surface area contributed by atoms with E-state index in [-0.39, 0.29) is 13.1 Å². The van der Waals surface area contributed by atoms with Crippen LogP contribution >= 0.6 is 0 Å². The highest BCUT2D eigenvalue weighted by Gasteiger charge is 2.42. The number of carboxylic acid groups (broad SMARTS) is 1. The SMILES string of the molecule is Cc1cc(CN2CCCC[C@H]2C(=O)O)c(OCCCCN2CCN3CCN(CC2)CC(=O)[O][Al]([F])[O]C(=O)C3)cc1/C=C/c1cccc(-c2ccccc2)c1C. The van der Waals surface area contributed by atoms with E-state index in [1.807, 2.05) is 15.9 Å². The molecule has 0 radical (unpaired) electrons. The van der Waals surface area contributed by atoms with Crippen molar-refractivity contribution in [3.8, 4) is 16.9 Å². The number of hydrogen-bond donors (Lipinski definition) is 1. The van der Waals surface area contributed by atoms with E-state index < -0.39 is 39.2 Å². The first-order chi connectivity index (χ1) is 27.1. The fraction of sp³-hybridized carbons (Fsp3) is 0.465. The fourth-order valence-corrected chi connectivity index (χ4v) is 8.45. The number of nitrogens with zero attached hydrogens (tertiary/aromatic N) is 4. The van der Waals surface area contributed by atoms with E-state index in [4.69, 9.17) is 12.3 Å². The molecule has 3 aromatic rings. The molecule has 298 valence electrons. The van der Waals surface area contributed by atoms with Crippen LogP contribution in [-0.2, 0) is 28.5 Å². The van der Waals surface area contributed by atoms with Crippen LogP contribution in [0.5, 0.6) is 5.75 Å². The van der Waals surface area contributed by atoms with Crippen LogP contribution in [0.1, 0.15) is 59.9 Å². The van der Waals surface area contributed by atoms with Crippen molar-refractivity contribution in [2.45, 2.75) is 58.5 Å². The van der Waals surface area contributed by atoms with Gasteiger partial charge in [-0.25, -0.2) is 0 Å². The van der Waals surface area contributed by atoms with Crippen molar-refractivity contribution in [1.82, 2.24) is 19.6 Å². The maximum Gasteiger partial charge on any atom is 1.15 e. The molecule has 2 unspecified atom stereocenters. The predicted molar refractivity (Wildman–Crippen MR) is 216 cm³/mol. The third kappa shape index (κ3) is 11.7. The molecule has 0 aliphatic carbocycles. The Kier molecular flexibility index (Phi) is 15.1. The molecule has 3 atom stereocenters. The smallest absolute Gasteiger partial charge is 0.558 e. The topological polar surface area (TPSA) is 112 Å². The average molecular weight is 785 g/mol. The van der Waals surface area contributed by atoms with Crippen LogP contribution in [0.15, 0.2) is 60.7 Å². The monoisotopic (exact) mass is 784 g/mol. The number of fused-ring (bicyclic) bond motifs is 3. The summed E-state index contributed by atoms with van der Waals surface area (Å²) >= 11 is -3.84. The van der Waals surface area contributed by atoms with Crippen molar-refractivity contribution in [3.05, 3.63) is 88.5 Å². The minimum absolute atomic E-state index is 0.0408. The summed E-state index contributed by atoms with van der Waals surface area (Å²) in [6, 6.07) is 20.5. The minimum atomic E-state index is -3.84. The standard InChI is InChI=1S/C43H56N4O7.Al.FH/c1-32-27-37(29-47-19-7-6-15-39(47)43(52)53)40(28-36(32)17-16-34-13-10-14-38(33(34)2)35-11-4-3-5-12-35)54-26-9-8-18-44-20-22-45(30-41(48)49)24-25-46(23-21-44)31-42(50)51;;/h3-5,10-14,16-17,27-28,39H,6-9,15,18-26,29-31H2,1-2H3,(H,48,49)(H,50,51)(H,52,53);;1H/q;+3;/p-3/b17-16+;;/t39-;;/m0../s1. The lowest BCUT2D eigenvalue weighted by atomic mass is 9.95. The van der Waals surface area contributed by atoms with Crippen molar-refractivity contribution in [2.24, 2.45) is 0 Å². The summed E-state index contributed by atoms with van der Waals surface area (Å²) in [6.07, 6.45) is 8.50. The number of carbonyl (C=O) groups is 3. The van der Waals surface area contributed by atoms with Gasteiger partial charge in [-0.3, -0.25) is 29.1 Å². The number of halogens is 1. The molecule has 0 spiro atoms. The zero-order valence-electron chi connectivity index (χ0n) is 32.7. The zero-order chi connectivity index (χ0) is 39.4. The number of ether oxygens (including phenoxy) is 1. The molecule has 56 heavy (non-hydrogen) atoms. The molecular weight excluding hydrogens is 730 g/mol. The Morgan fingerprint density at radius 2 is 1.54 bits per heavy atom. The summed E-state index contributed by atoms with van der Waals surface area (Å²) in [5.74, 6) is -1.41. The van der Waals surface area contributed by atoms with Crippen molar-refractivity contribution in [2.75, 3.05) is 72.1 Å². The van der Waals surface area contributed by atoms with Gasteiger partial charge in [0.25, 0.3) is 11.9 Å². The van der Waals surface area contributed by atoms with Crippen molar-refractivity contribution in [3.63, 3.8) is 0 Å². The average Bonchev–Trinajstić information content (AvgIpc) is 3.24. The normalized spacial score (nSPS) is 21.8. The first-order valence-electron chi connectivity index (χ1n) is 19.9. The third-order valence-corrected chi connectivity index (χ3v) is 12.0. The molecule has 0 amide bonds. The number of aliphatic carboxylic acids is 1. The van der Waals surface area contributed by atoms with Gasteiger partial charge in [-0.05, 0) is 92.1 Å². The van der Waals surface area contributed by atoms with Gasteiger partial charge in [-0.1, -0.05) is 73.2 Å². The molecule has 13 heteroatoms. The van der Waals surface area contributed by atoms with E-state index in [1.165, 1.54) is 16.7 Å². The Hall–Kier alpha value is -4.09. The molecule has 3 fully saturated rings. The van der Waals surface area contributed by atoms with Gasteiger partial charge in [0.15, 0.2) is 0 Å². The van der Waals surface area contributed by atoms with Gasteiger partial charge in [-0.2, -0.15) is 0 Å². The minimum Gasteiger partial charge on any atom is -0.558 e. The van der Waals surface area contributed by atoms with Crippen LogP contribution in [0.2, 0.25) is 0 Å². The third-order valence-electron chi connectivity index (χ3n) is 11.1. The highest BCUT2D eigenvalue weighted by atomic mass is 27.3. The van der Waals surface area contributed by atoms with Crippen molar-refractivity contribution in [1.29, 1.82) is 0 Å². The van der Waals surface area contributed by atoms with Gasteiger partial charge in [0.1, 0.15) is 11.8 Å². The Balaban J connectivity index is 1.13. The van der Waals surface area contributed by atoms with Gasteiger partial charge in [-0.15, -0.1) is 0 Å². The predicted octanol–water partition coefficient (Wildman–Crippen LogP) is 5.71. The molecule has 0 aromatic heterocycles. The lowest BCUT2D eigenvalue weighted by Gasteiger charge is -2.33. The molecule has 6 rings (SSSR count). The second kappa shape index (κ2) is 20.4. The van der Waals surface area contributed by atoms with Crippen LogP contribution in [0.3, 0.4) is 0 Å². The Labute approximate surface area is 335 Å². The molecule has 0 saturated carbocycles. The molecule has 1 N–H and O–H groups in total. The Bertz CT molecular complexity index is 1810.